The van der Waals surface area contributed by atoms with Crippen LogP contribution in [0.4, 0.5) is 17.1 Å². The van der Waals surface area contributed by atoms with Crippen LogP contribution in [0.2, 0.25) is 0 Å². The molecule has 0 N–H and O–H groups in total. The van der Waals surface area contributed by atoms with Crippen LogP contribution < -0.4 is 4.90 Å². The number of rotatable bonds is 8. The molecule has 0 unspecified atom stereocenters. The molecule has 1 aromatic heterocycles. The van der Waals surface area contributed by atoms with Crippen molar-refractivity contribution in [2.24, 2.45) is 0 Å². The van der Waals surface area contributed by atoms with Gasteiger partial charge in [0.1, 0.15) is 0 Å². The summed E-state index contributed by atoms with van der Waals surface area (Å²) in [5, 5.41) is 10.1. The average molecular weight is 882 g/mol. The van der Waals surface area contributed by atoms with Gasteiger partial charge in [0.25, 0.3) is 0 Å². The van der Waals surface area contributed by atoms with Crippen LogP contribution in [0.15, 0.2) is 261 Å². The molecular weight excluding hydrogens is 839 g/mol. The Hall–Kier alpha value is -8.56. The van der Waals surface area contributed by atoms with Crippen LogP contribution in [-0.4, -0.2) is 0 Å². The molecule has 0 aliphatic heterocycles. The number of benzene rings is 12. The van der Waals surface area contributed by atoms with Crippen LogP contribution in [0, 0.1) is 0 Å². The first kappa shape index (κ1) is 39.8. The summed E-state index contributed by atoms with van der Waals surface area (Å²) in [4.78, 5) is 2.41. The van der Waals surface area contributed by atoms with Gasteiger partial charge in [0, 0.05) is 36.9 Å². The molecule has 0 atom stereocenters. The van der Waals surface area contributed by atoms with Crippen LogP contribution >= 0.6 is 11.3 Å². The van der Waals surface area contributed by atoms with Crippen LogP contribution in [-0.2, 0) is 0 Å². The smallest absolute Gasteiger partial charge is 0.0546 e. The Kier molecular flexibility index (Phi) is 9.77. The maximum absolute atomic E-state index is 2.41. The zero-order valence-corrected chi connectivity index (χ0v) is 38.0. The van der Waals surface area contributed by atoms with E-state index >= 15 is 0 Å². The minimum Gasteiger partial charge on any atom is -0.310 e. The first-order valence-electron chi connectivity index (χ1n) is 23.3. The van der Waals surface area contributed by atoms with Gasteiger partial charge in [-0.05, 0) is 143 Å². The van der Waals surface area contributed by atoms with Gasteiger partial charge in [-0.1, -0.05) is 200 Å². The molecule has 0 radical (unpaired) electrons. The third-order valence-corrected chi connectivity index (χ3v) is 14.8. The van der Waals surface area contributed by atoms with Crippen LogP contribution in [0.5, 0.6) is 0 Å². The summed E-state index contributed by atoms with van der Waals surface area (Å²) >= 11 is 1.87. The molecule has 0 fully saturated rings. The summed E-state index contributed by atoms with van der Waals surface area (Å²) in [5.41, 5.74) is 15.5. The molecule has 0 spiro atoms. The molecule has 0 bridgehead atoms. The van der Waals surface area contributed by atoms with Gasteiger partial charge in [-0.25, -0.2) is 0 Å². The molecular formula is C66H43NS. The normalized spacial score (nSPS) is 11.5. The molecule has 1 nitrogen and oxygen atoms in total. The highest BCUT2D eigenvalue weighted by molar-refractivity contribution is 7.25. The Bertz CT molecular complexity index is 3990. The highest BCUT2D eigenvalue weighted by Crippen LogP contribution is 2.44. The van der Waals surface area contributed by atoms with Gasteiger partial charge in [-0.15, -0.1) is 11.3 Å². The number of nitrogens with zero attached hydrogens (tertiary/aromatic N) is 1. The third kappa shape index (κ3) is 7.11. The Morgan fingerprint density at radius 1 is 0.235 bits per heavy atom. The average Bonchev–Trinajstić information content (AvgIpc) is 3.79. The molecule has 2 heteroatoms. The van der Waals surface area contributed by atoms with Crippen LogP contribution in [0.25, 0.3) is 108 Å². The minimum atomic E-state index is 1.11. The molecule has 13 aromatic rings. The molecule has 0 amide bonds. The van der Waals surface area contributed by atoms with E-state index in [1.165, 1.54) is 108 Å². The van der Waals surface area contributed by atoms with E-state index in [1.807, 2.05) is 11.3 Å². The Labute approximate surface area is 400 Å². The second-order valence-electron chi connectivity index (χ2n) is 17.7. The number of anilines is 3. The van der Waals surface area contributed by atoms with Crippen molar-refractivity contribution in [3.8, 4) is 55.6 Å². The molecule has 13 rings (SSSR count). The fourth-order valence-corrected chi connectivity index (χ4v) is 11.3. The van der Waals surface area contributed by atoms with Crippen molar-refractivity contribution in [2.75, 3.05) is 4.90 Å². The number of thiophene rings is 1. The maximum atomic E-state index is 2.41. The molecule has 0 aliphatic carbocycles. The highest BCUT2D eigenvalue weighted by Gasteiger charge is 2.18. The van der Waals surface area contributed by atoms with Gasteiger partial charge in [-0.3, -0.25) is 0 Å². The lowest BCUT2D eigenvalue weighted by Crippen LogP contribution is -2.10. The molecule has 1 heterocycles. The van der Waals surface area contributed by atoms with E-state index < -0.39 is 0 Å². The summed E-state index contributed by atoms with van der Waals surface area (Å²) in [6, 6.07) is 95.6. The SMILES string of the molecule is c1ccc(-c2ccc(N(c3ccc(-c4ccc(-c5cccc(-c6ccc7sc8ccc(-c9cccc%10ccccc9%10)cc8c7c6)c5)cc4)cc3)c3cc4ccccc4c4ccccc34)cc2)cc1. The molecule has 318 valence electrons. The highest BCUT2D eigenvalue weighted by atomic mass is 32.1. The number of hydrogen-bond acceptors (Lipinski definition) is 2. The minimum absolute atomic E-state index is 1.11. The van der Waals surface area contributed by atoms with Crippen molar-refractivity contribution < 1.29 is 0 Å². The molecule has 0 aliphatic rings. The number of hydrogen-bond donors (Lipinski definition) is 0. The lowest BCUT2D eigenvalue weighted by atomic mass is 9.95. The molecule has 12 aromatic carbocycles. The second-order valence-corrected chi connectivity index (χ2v) is 18.8. The quantitative estimate of drug-likeness (QED) is 0.137. The predicted octanol–water partition coefficient (Wildman–Crippen LogP) is 19.3. The zero-order chi connectivity index (χ0) is 45.0. The lowest BCUT2D eigenvalue weighted by Gasteiger charge is -2.28. The fourth-order valence-electron chi connectivity index (χ4n) is 10.2. The van der Waals surface area contributed by atoms with Gasteiger partial charge in [0.05, 0.1) is 5.69 Å². The maximum Gasteiger partial charge on any atom is 0.0546 e. The van der Waals surface area contributed by atoms with E-state index in [4.69, 9.17) is 0 Å². The lowest BCUT2D eigenvalue weighted by molar-refractivity contribution is 1.30. The van der Waals surface area contributed by atoms with Crippen LogP contribution in [0.1, 0.15) is 0 Å². The van der Waals surface area contributed by atoms with Crippen molar-refractivity contribution in [3.63, 3.8) is 0 Å². The van der Waals surface area contributed by atoms with E-state index in [1.54, 1.807) is 0 Å². The van der Waals surface area contributed by atoms with E-state index in [0.29, 0.717) is 0 Å². The van der Waals surface area contributed by atoms with Gasteiger partial charge in [0.2, 0.25) is 0 Å². The topological polar surface area (TPSA) is 3.24 Å². The van der Waals surface area contributed by atoms with Crippen molar-refractivity contribution in [2.45, 2.75) is 0 Å². The van der Waals surface area contributed by atoms with E-state index in [0.717, 1.165) is 17.1 Å². The van der Waals surface area contributed by atoms with Gasteiger partial charge >= 0.3 is 0 Å². The van der Waals surface area contributed by atoms with E-state index in [9.17, 15) is 0 Å². The van der Waals surface area contributed by atoms with Gasteiger partial charge in [0.15, 0.2) is 0 Å². The van der Waals surface area contributed by atoms with Crippen molar-refractivity contribution in [3.05, 3.63) is 261 Å². The van der Waals surface area contributed by atoms with Gasteiger partial charge < -0.3 is 4.90 Å². The molecule has 68 heavy (non-hydrogen) atoms. The second kappa shape index (κ2) is 16.7. The van der Waals surface area contributed by atoms with Crippen LogP contribution in [0.3, 0.4) is 0 Å². The molecule has 0 saturated heterocycles. The fraction of sp³-hybridized carbons (Fsp3) is 0. The third-order valence-electron chi connectivity index (χ3n) is 13.7. The van der Waals surface area contributed by atoms with Crippen molar-refractivity contribution in [1.29, 1.82) is 0 Å². The van der Waals surface area contributed by atoms with Gasteiger partial charge in [-0.2, -0.15) is 0 Å². The van der Waals surface area contributed by atoms with Crippen molar-refractivity contribution in [1.82, 2.24) is 0 Å². The Morgan fingerprint density at radius 2 is 0.662 bits per heavy atom. The van der Waals surface area contributed by atoms with Crippen molar-refractivity contribution >= 4 is 80.9 Å². The number of fused-ring (bicyclic) bond motifs is 7. The summed E-state index contributed by atoms with van der Waals surface area (Å²) < 4.78 is 2.63. The monoisotopic (exact) mass is 881 g/mol. The summed E-state index contributed by atoms with van der Waals surface area (Å²) in [6.07, 6.45) is 0. The standard InChI is InChI=1S/C66H43NS/c1-2-12-44(13-3-1)46-28-34-55(35-29-46)67(64-43-53-15-5-7-20-59(53)60-21-8-9-22-61(60)64)56-36-30-47(31-37-56)45-24-26-48(27-25-45)50-17-10-18-51(40-50)52-32-38-65-62(41-52)63-42-54(33-39-66(63)68-65)58-23-11-16-49-14-4-6-19-57(49)58/h1-43H. The first-order valence-corrected chi connectivity index (χ1v) is 24.1. The van der Waals surface area contributed by atoms with E-state index in [-0.39, 0.29) is 0 Å². The largest absolute Gasteiger partial charge is 0.310 e. The van der Waals surface area contributed by atoms with E-state index in [2.05, 4.69) is 266 Å². The first-order chi connectivity index (χ1) is 33.7. The molecule has 0 saturated carbocycles. The summed E-state index contributed by atoms with van der Waals surface area (Å²) in [6.45, 7) is 0. The summed E-state index contributed by atoms with van der Waals surface area (Å²) in [7, 11) is 0. The Balaban J connectivity index is 0.812. The summed E-state index contributed by atoms with van der Waals surface area (Å²) in [5.74, 6) is 0. The zero-order valence-electron chi connectivity index (χ0n) is 37.2. The predicted molar refractivity (Wildman–Crippen MR) is 294 cm³/mol. The Morgan fingerprint density at radius 3 is 1.34 bits per heavy atom.